The van der Waals surface area contributed by atoms with Gasteiger partial charge < -0.3 is 10.1 Å². The van der Waals surface area contributed by atoms with E-state index >= 15 is 0 Å². The first-order valence-corrected chi connectivity index (χ1v) is 8.24. The lowest BCUT2D eigenvalue weighted by molar-refractivity contribution is -0.116. The number of benzene rings is 2. The Morgan fingerprint density at radius 2 is 1.75 bits per heavy atom. The zero-order valence-corrected chi connectivity index (χ0v) is 13.8. The van der Waals surface area contributed by atoms with Crippen molar-refractivity contribution in [1.82, 2.24) is 0 Å². The highest BCUT2D eigenvalue weighted by molar-refractivity contribution is 6.00. The Morgan fingerprint density at radius 1 is 1.00 bits per heavy atom. The normalized spacial score (nSPS) is 12.5. The van der Waals surface area contributed by atoms with E-state index in [-0.39, 0.29) is 24.5 Å². The molecule has 24 heavy (non-hydrogen) atoms. The van der Waals surface area contributed by atoms with Crippen molar-refractivity contribution >= 4 is 17.4 Å². The number of amides is 1. The van der Waals surface area contributed by atoms with Gasteiger partial charge in [0.15, 0.2) is 5.78 Å². The number of aryl methyl sites for hydroxylation is 2. The molecule has 1 amide bonds. The number of carbonyl (C=O) groups is 2. The van der Waals surface area contributed by atoms with Gasteiger partial charge >= 0.3 is 0 Å². The Kier molecular flexibility index (Phi) is 4.94. The summed E-state index contributed by atoms with van der Waals surface area (Å²) in [5, 5.41) is 2.80. The summed E-state index contributed by atoms with van der Waals surface area (Å²) in [4.78, 5) is 24.3. The van der Waals surface area contributed by atoms with Crippen LogP contribution in [-0.4, -0.2) is 18.8 Å². The lowest BCUT2D eigenvalue weighted by atomic mass is 10.0. The van der Waals surface area contributed by atoms with Crippen molar-refractivity contribution in [3.05, 3.63) is 59.2 Å². The molecule has 4 nitrogen and oxygen atoms in total. The highest BCUT2D eigenvalue weighted by Crippen LogP contribution is 2.23. The Bertz CT molecular complexity index is 750. The van der Waals surface area contributed by atoms with Crippen LogP contribution < -0.4 is 10.1 Å². The standard InChI is InChI=1S/C20H21NO3/c1-24-18-9-7-17(8-10-18)21-20(23)12-11-19(22)16-6-5-14-3-2-4-15(14)13-16/h5-10,13H,2-4,11-12H2,1H3,(H,21,23). The molecule has 124 valence electrons. The van der Waals surface area contributed by atoms with Crippen molar-refractivity contribution in [2.45, 2.75) is 32.1 Å². The van der Waals surface area contributed by atoms with Crippen LogP contribution in [0.3, 0.4) is 0 Å². The first-order chi connectivity index (χ1) is 11.7. The van der Waals surface area contributed by atoms with E-state index in [0.29, 0.717) is 11.3 Å². The van der Waals surface area contributed by atoms with Crippen LogP contribution in [0.5, 0.6) is 5.75 Å². The SMILES string of the molecule is COc1ccc(NC(=O)CCC(=O)c2ccc3c(c2)CCC3)cc1. The van der Waals surface area contributed by atoms with Gasteiger partial charge in [-0.2, -0.15) is 0 Å². The van der Waals surface area contributed by atoms with Crippen LogP contribution in [0.15, 0.2) is 42.5 Å². The van der Waals surface area contributed by atoms with E-state index in [9.17, 15) is 9.59 Å². The van der Waals surface area contributed by atoms with Crippen LogP contribution in [0, 0.1) is 0 Å². The topological polar surface area (TPSA) is 55.4 Å². The molecule has 0 fully saturated rings. The van der Waals surface area contributed by atoms with Crippen molar-refractivity contribution in [3.63, 3.8) is 0 Å². The Balaban J connectivity index is 1.52. The number of ketones is 1. The lowest BCUT2D eigenvalue weighted by Gasteiger charge is -2.07. The van der Waals surface area contributed by atoms with Gasteiger partial charge in [-0.25, -0.2) is 0 Å². The third-order valence-electron chi connectivity index (χ3n) is 4.37. The smallest absolute Gasteiger partial charge is 0.224 e. The van der Waals surface area contributed by atoms with Crippen LogP contribution in [0.25, 0.3) is 0 Å². The van der Waals surface area contributed by atoms with E-state index in [1.54, 1.807) is 31.4 Å². The van der Waals surface area contributed by atoms with E-state index in [2.05, 4.69) is 5.32 Å². The number of hydrogen-bond acceptors (Lipinski definition) is 3. The van der Waals surface area contributed by atoms with Gasteiger partial charge in [0.25, 0.3) is 0 Å². The summed E-state index contributed by atoms with van der Waals surface area (Å²) < 4.78 is 5.08. The van der Waals surface area contributed by atoms with Gasteiger partial charge in [0.1, 0.15) is 5.75 Å². The summed E-state index contributed by atoms with van der Waals surface area (Å²) in [5.74, 6) is 0.601. The minimum Gasteiger partial charge on any atom is -0.497 e. The summed E-state index contributed by atoms with van der Waals surface area (Å²) in [6.07, 6.45) is 3.72. The predicted octanol–water partition coefficient (Wildman–Crippen LogP) is 3.79. The highest BCUT2D eigenvalue weighted by Gasteiger charge is 2.15. The molecule has 2 aromatic rings. The van der Waals surface area contributed by atoms with E-state index in [4.69, 9.17) is 4.74 Å². The molecule has 3 rings (SSSR count). The molecular weight excluding hydrogens is 302 g/mol. The number of hydrogen-bond donors (Lipinski definition) is 1. The minimum atomic E-state index is -0.158. The molecule has 0 bridgehead atoms. The average Bonchev–Trinajstić information content (AvgIpc) is 3.08. The van der Waals surface area contributed by atoms with Crippen molar-refractivity contribution in [1.29, 1.82) is 0 Å². The fourth-order valence-corrected chi connectivity index (χ4v) is 3.01. The molecule has 0 heterocycles. The maximum atomic E-state index is 12.3. The number of ether oxygens (including phenoxy) is 1. The Labute approximate surface area is 141 Å². The quantitative estimate of drug-likeness (QED) is 0.823. The number of Topliss-reactive ketones (excluding diaryl/α,β-unsaturated/α-hetero) is 1. The van der Waals surface area contributed by atoms with Crippen LogP contribution in [0.1, 0.15) is 40.7 Å². The molecule has 0 spiro atoms. The molecule has 0 unspecified atom stereocenters. The minimum absolute atomic E-state index is 0.0228. The summed E-state index contributed by atoms with van der Waals surface area (Å²) >= 11 is 0. The first-order valence-electron chi connectivity index (χ1n) is 8.24. The second-order valence-corrected chi connectivity index (χ2v) is 6.04. The van der Waals surface area contributed by atoms with Crippen molar-refractivity contribution in [2.75, 3.05) is 12.4 Å². The summed E-state index contributed by atoms with van der Waals surface area (Å²) in [6.45, 7) is 0. The molecule has 4 heteroatoms. The molecule has 0 atom stereocenters. The summed E-state index contributed by atoms with van der Waals surface area (Å²) in [7, 11) is 1.60. The number of fused-ring (bicyclic) bond motifs is 1. The third kappa shape index (κ3) is 3.82. The second-order valence-electron chi connectivity index (χ2n) is 6.04. The van der Waals surface area contributed by atoms with Gasteiger partial charge in [0.05, 0.1) is 7.11 Å². The predicted molar refractivity (Wildman–Crippen MR) is 93.7 cm³/mol. The lowest BCUT2D eigenvalue weighted by Crippen LogP contribution is -2.13. The Morgan fingerprint density at radius 3 is 2.50 bits per heavy atom. The molecular formula is C20H21NO3. The van der Waals surface area contributed by atoms with Crippen LogP contribution in [-0.2, 0) is 17.6 Å². The van der Waals surface area contributed by atoms with Gasteiger partial charge in [-0.1, -0.05) is 12.1 Å². The van der Waals surface area contributed by atoms with Crippen molar-refractivity contribution in [3.8, 4) is 5.75 Å². The maximum Gasteiger partial charge on any atom is 0.224 e. The zero-order valence-electron chi connectivity index (χ0n) is 13.8. The van der Waals surface area contributed by atoms with Gasteiger partial charge in [0.2, 0.25) is 5.91 Å². The fourth-order valence-electron chi connectivity index (χ4n) is 3.01. The molecule has 1 N–H and O–H groups in total. The highest BCUT2D eigenvalue weighted by atomic mass is 16.5. The summed E-state index contributed by atoms with van der Waals surface area (Å²) in [5.41, 5.74) is 4.05. The molecule has 0 radical (unpaired) electrons. The van der Waals surface area contributed by atoms with Gasteiger partial charge in [0, 0.05) is 24.1 Å². The number of methoxy groups -OCH3 is 1. The third-order valence-corrected chi connectivity index (χ3v) is 4.37. The van der Waals surface area contributed by atoms with E-state index in [1.807, 2.05) is 18.2 Å². The molecule has 0 aromatic heterocycles. The second kappa shape index (κ2) is 7.30. The monoisotopic (exact) mass is 323 g/mol. The van der Waals surface area contributed by atoms with Crippen molar-refractivity contribution in [2.24, 2.45) is 0 Å². The van der Waals surface area contributed by atoms with Crippen LogP contribution >= 0.6 is 0 Å². The molecule has 1 aliphatic carbocycles. The fraction of sp³-hybridized carbons (Fsp3) is 0.300. The van der Waals surface area contributed by atoms with Crippen molar-refractivity contribution < 1.29 is 14.3 Å². The molecule has 1 aliphatic rings. The van der Waals surface area contributed by atoms with E-state index in [0.717, 1.165) is 25.0 Å². The zero-order chi connectivity index (χ0) is 16.9. The molecule has 0 aliphatic heterocycles. The van der Waals surface area contributed by atoms with Crippen LogP contribution in [0.4, 0.5) is 5.69 Å². The first kappa shape index (κ1) is 16.2. The van der Waals surface area contributed by atoms with Gasteiger partial charge in [-0.05, 0) is 60.7 Å². The van der Waals surface area contributed by atoms with E-state index in [1.165, 1.54) is 11.1 Å². The molecule has 0 saturated carbocycles. The van der Waals surface area contributed by atoms with Crippen LogP contribution in [0.2, 0.25) is 0 Å². The largest absolute Gasteiger partial charge is 0.497 e. The summed E-state index contributed by atoms with van der Waals surface area (Å²) in [6, 6.07) is 13.0. The average molecular weight is 323 g/mol. The Hall–Kier alpha value is -2.62. The maximum absolute atomic E-state index is 12.3. The van der Waals surface area contributed by atoms with E-state index < -0.39 is 0 Å². The van der Waals surface area contributed by atoms with Gasteiger partial charge in [-0.15, -0.1) is 0 Å². The van der Waals surface area contributed by atoms with Gasteiger partial charge in [-0.3, -0.25) is 9.59 Å². The molecule has 2 aromatic carbocycles. The number of anilines is 1. The molecule has 0 saturated heterocycles. The number of rotatable bonds is 6. The number of carbonyl (C=O) groups excluding carboxylic acids is 2. The number of nitrogens with one attached hydrogen (secondary N) is 1.